The van der Waals surface area contributed by atoms with Crippen molar-refractivity contribution in [1.82, 2.24) is 18.3 Å². The van der Waals surface area contributed by atoms with Gasteiger partial charge >= 0.3 is 0 Å². The van der Waals surface area contributed by atoms with E-state index < -0.39 is 15.3 Å². The van der Waals surface area contributed by atoms with Gasteiger partial charge in [0.1, 0.15) is 0 Å². The van der Waals surface area contributed by atoms with Crippen LogP contribution in [0, 0.1) is 0 Å². The molecule has 1 spiro atoms. The van der Waals surface area contributed by atoms with E-state index in [1.54, 1.807) is 0 Å². The Bertz CT molecular complexity index is 5960. The number of para-hydroxylation sites is 8. The molecule has 0 atom stereocenters. The zero-order valence-electron chi connectivity index (χ0n) is 51.9. The molecule has 0 radical (unpaired) electrons. The monoisotopic (exact) mass is 1250 g/mol. The molecule has 0 amide bonds. The van der Waals surface area contributed by atoms with Crippen molar-refractivity contribution in [2.24, 2.45) is 0 Å². The van der Waals surface area contributed by atoms with Gasteiger partial charge in [-0.25, -0.2) is 8.42 Å². The lowest BCUT2D eigenvalue weighted by Crippen LogP contribution is -2.32. The number of hydrogen-bond donors (Lipinski definition) is 0. The highest BCUT2D eigenvalue weighted by Gasteiger charge is 2.51. The van der Waals surface area contributed by atoms with Crippen LogP contribution in [0.3, 0.4) is 0 Å². The van der Waals surface area contributed by atoms with Crippen LogP contribution in [-0.2, 0) is 15.3 Å². The molecule has 6 heterocycles. The Morgan fingerprint density at radius 3 is 0.842 bits per heavy atom. The molecule has 0 bridgehead atoms. The van der Waals surface area contributed by atoms with Crippen molar-refractivity contribution in [2.75, 3.05) is 0 Å². The fraction of sp³-hybridized carbons (Fsp3) is 0.0345. The number of rotatable bonds is 4. The zero-order chi connectivity index (χ0) is 63.3. The molecule has 18 aromatic rings. The summed E-state index contributed by atoms with van der Waals surface area (Å²) in [6.07, 6.45) is 0. The predicted octanol–water partition coefficient (Wildman–Crippen LogP) is 22.4. The van der Waals surface area contributed by atoms with Crippen LogP contribution in [0.25, 0.3) is 132 Å². The average Bonchev–Trinajstić information content (AvgIpc) is 1.54. The molecule has 21 rings (SSSR count). The largest absolute Gasteiger partial charge is 0.309 e. The highest BCUT2D eigenvalue weighted by atomic mass is 32.2. The fourth-order valence-electron chi connectivity index (χ4n) is 16.2. The standard InChI is InChI=1S/C49H30N2S.C36H22N2O2S.C2H6/c1-3-15-31(16-4-1)50-43-23-11-7-19-33(43)37-27-35-36-28-38-34-20-8-12-24-44(34)51(32-17-5-2-6-18-32)46(38)30-42(36)49(41(35)29-45(37)50)39-21-9-13-25-47(39)52-48-26-14-10-22-40(48)49;39-41(40)35-21-33-27(25-15-7-9-17-31(25)37(33)23-11-3-1-4-12-23)19-29(35)30-20-28-26-16-8-10-18-32(26)38(34(28)22-36(30)41)24-13-5-2-6-14-24;1-2/h1-30H;1-22H;1-2H3. The summed E-state index contributed by atoms with van der Waals surface area (Å²) in [4.78, 5) is 3.35. The van der Waals surface area contributed by atoms with Crippen molar-refractivity contribution in [1.29, 1.82) is 0 Å². The van der Waals surface area contributed by atoms with E-state index in [1.165, 1.54) is 98.2 Å². The first-order valence-corrected chi connectivity index (χ1v) is 34.9. The lowest BCUT2D eigenvalue weighted by atomic mass is 9.67. The summed E-state index contributed by atoms with van der Waals surface area (Å²) in [6, 6.07) is 112. The van der Waals surface area contributed by atoms with Gasteiger partial charge in [-0.15, -0.1) is 0 Å². The summed E-state index contributed by atoms with van der Waals surface area (Å²) >= 11 is 1.90. The third-order valence-electron chi connectivity index (χ3n) is 20.0. The first-order valence-electron chi connectivity index (χ1n) is 32.6. The van der Waals surface area contributed by atoms with Gasteiger partial charge in [-0.1, -0.05) is 208 Å². The van der Waals surface area contributed by atoms with Crippen LogP contribution >= 0.6 is 11.8 Å². The predicted molar refractivity (Wildman–Crippen MR) is 394 cm³/mol. The van der Waals surface area contributed by atoms with Gasteiger partial charge in [-0.3, -0.25) is 0 Å². The fourth-order valence-corrected chi connectivity index (χ4v) is 19.1. The minimum atomic E-state index is -3.75. The summed E-state index contributed by atoms with van der Waals surface area (Å²) in [5.74, 6) is 0. The average molecular weight is 1260 g/mol. The van der Waals surface area contributed by atoms with Crippen molar-refractivity contribution < 1.29 is 8.42 Å². The van der Waals surface area contributed by atoms with E-state index in [9.17, 15) is 8.42 Å². The van der Waals surface area contributed by atoms with Gasteiger partial charge in [-0.05, 0) is 167 Å². The Balaban J connectivity index is 0.000000135. The molecule has 0 saturated carbocycles. The summed E-state index contributed by atoms with van der Waals surface area (Å²) in [6.45, 7) is 4.00. The van der Waals surface area contributed by atoms with E-state index in [1.807, 2.05) is 98.4 Å². The summed E-state index contributed by atoms with van der Waals surface area (Å²) < 4.78 is 37.8. The van der Waals surface area contributed by atoms with Crippen LogP contribution < -0.4 is 0 Å². The number of nitrogens with zero attached hydrogens (tertiary/aromatic N) is 4. The Hall–Kier alpha value is -11.4. The molecule has 6 nitrogen and oxygen atoms in total. The Labute approximate surface area is 553 Å². The molecule has 0 unspecified atom stereocenters. The minimum Gasteiger partial charge on any atom is -0.309 e. The third-order valence-corrected chi connectivity index (χ3v) is 23.0. The molecule has 0 fully saturated rings. The molecule has 4 aromatic heterocycles. The van der Waals surface area contributed by atoms with E-state index in [0.717, 1.165) is 66.1 Å². The molecule has 1 aliphatic carbocycles. The highest BCUT2D eigenvalue weighted by molar-refractivity contribution is 7.99. The van der Waals surface area contributed by atoms with E-state index in [-0.39, 0.29) is 0 Å². The molecule has 3 aliphatic rings. The first kappa shape index (κ1) is 55.2. The van der Waals surface area contributed by atoms with Gasteiger partial charge in [0.15, 0.2) is 0 Å². The maximum Gasteiger partial charge on any atom is 0.207 e. The van der Waals surface area contributed by atoms with Crippen molar-refractivity contribution in [3.63, 3.8) is 0 Å². The number of benzene rings is 14. The van der Waals surface area contributed by atoms with Crippen molar-refractivity contribution in [2.45, 2.75) is 38.8 Å². The summed E-state index contributed by atoms with van der Waals surface area (Å²) in [7, 11) is -3.75. The van der Waals surface area contributed by atoms with Gasteiger partial charge in [0, 0.05) is 86.8 Å². The second-order valence-electron chi connectivity index (χ2n) is 24.7. The molecule has 0 N–H and O–H groups in total. The molecule has 0 saturated heterocycles. The quantitative estimate of drug-likeness (QED) is 0.176. The number of fused-ring (bicyclic) bond motifs is 24. The molecule has 450 valence electrons. The minimum absolute atomic E-state index is 0.364. The van der Waals surface area contributed by atoms with E-state index in [2.05, 4.69) is 261 Å². The topological polar surface area (TPSA) is 53.9 Å². The normalized spacial score (nSPS) is 13.6. The van der Waals surface area contributed by atoms with Gasteiger partial charge in [0.05, 0.1) is 59.3 Å². The molecule has 14 aromatic carbocycles. The summed E-state index contributed by atoms with van der Waals surface area (Å²) in [5.41, 5.74) is 22.2. The van der Waals surface area contributed by atoms with Crippen LogP contribution in [0.4, 0.5) is 0 Å². The zero-order valence-corrected chi connectivity index (χ0v) is 53.6. The third kappa shape index (κ3) is 7.78. The van der Waals surface area contributed by atoms with Gasteiger partial charge in [-0.2, -0.15) is 0 Å². The number of sulfone groups is 1. The van der Waals surface area contributed by atoms with Crippen LogP contribution in [0.2, 0.25) is 0 Å². The number of hydrogen-bond acceptors (Lipinski definition) is 3. The Morgan fingerprint density at radius 1 is 0.253 bits per heavy atom. The second kappa shape index (κ2) is 21.1. The van der Waals surface area contributed by atoms with E-state index in [4.69, 9.17) is 0 Å². The number of aromatic nitrogens is 4. The molecule has 8 heteroatoms. The SMILES string of the molecule is CC.O=S1(=O)c2cc3c(cc2-c2cc4c5ccccc5n(-c5ccccc5)c4cc21)c1ccccc1n3-c1ccccc1.c1ccc(-n2c3ccccc3c3cc4c(cc32)C2(c3ccccc3Sc3ccccc32)c2cc3c(cc2-4)c2ccccc2n3-c2ccccc2)cc1. The van der Waals surface area contributed by atoms with Crippen molar-refractivity contribution >= 4 is 109 Å². The van der Waals surface area contributed by atoms with Crippen molar-refractivity contribution in [3.8, 4) is 45.0 Å². The molecular formula is C87H58N4O2S2. The second-order valence-corrected chi connectivity index (χ2v) is 27.6. The van der Waals surface area contributed by atoms with Crippen LogP contribution in [0.15, 0.2) is 335 Å². The molecular weight excluding hydrogens is 1200 g/mol. The van der Waals surface area contributed by atoms with Crippen LogP contribution in [0.5, 0.6) is 0 Å². The maximum absolute atomic E-state index is 14.3. The lowest BCUT2D eigenvalue weighted by molar-refractivity contribution is 0.599. The Morgan fingerprint density at radius 2 is 0.516 bits per heavy atom. The van der Waals surface area contributed by atoms with E-state index >= 15 is 0 Å². The molecule has 2 aliphatic heterocycles. The van der Waals surface area contributed by atoms with Crippen molar-refractivity contribution in [3.05, 3.63) is 338 Å². The van der Waals surface area contributed by atoms with Gasteiger partial charge in [0.2, 0.25) is 9.84 Å². The lowest BCUT2D eigenvalue weighted by Gasteiger charge is -2.39. The van der Waals surface area contributed by atoms with Crippen LogP contribution in [0.1, 0.15) is 36.1 Å². The van der Waals surface area contributed by atoms with Gasteiger partial charge < -0.3 is 18.3 Å². The van der Waals surface area contributed by atoms with Gasteiger partial charge in [0.25, 0.3) is 0 Å². The smallest absolute Gasteiger partial charge is 0.207 e. The highest BCUT2D eigenvalue weighted by Crippen LogP contribution is 2.64. The summed E-state index contributed by atoms with van der Waals surface area (Å²) in [5, 5.41) is 9.38. The Kier molecular flexibility index (Phi) is 12.2. The first-order chi connectivity index (χ1) is 46.9. The maximum atomic E-state index is 14.3. The van der Waals surface area contributed by atoms with Crippen LogP contribution in [-0.4, -0.2) is 26.7 Å². The molecule has 95 heavy (non-hydrogen) atoms. The van der Waals surface area contributed by atoms with E-state index in [0.29, 0.717) is 9.79 Å².